The average Bonchev–Trinajstić information content (AvgIpc) is 3.27. The molecule has 28 heavy (non-hydrogen) atoms. The van der Waals surface area contributed by atoms with Crippen LogP contribution in [-0.2, 0) is 11.3 Å². The van der Waals surface area contributed by atoms with Gasteiger partial charge in [0.25, 0.3) is 0 Å². The molecule has 1 aromatic carbocycles. The van der Waals surface area contributed by atoms with Crippen LogP contribution < -0.4 is 9.80 Å². The van der Waals surface area contributed by atoms with Crippen molar-refractivity contribution in [2.24, 2.45) is 5.10 Å². The molecule has 1 amide bonds. The number of benzene rings is 1. The summed E-state index contributed by atoms with van der Waals surface area (Å²) in [5.74, 6) is 1.23. The average molecular weight is 388 g/mol. The Balaban J connectivity index is 1.44. The molecule has 1 saturated heterocycles. The molecule has 1 fully saturated rings. The van der Waals surface area contributed by atoms with Crippen LogP contribution in [0, 0.1) is 12.7 Å². The monoisotopic (exact) mass is 388 g/mol. The number of aliphatic hydroxyl groups is 1. The van der Waals surface area contributed by atoms with Crippen molar-refractivity contribution in [3.8, 4) is 0 Å². The molecular weight excluding hydrogens is 367 g/mol. The zero-order valence-electron chi connectivity index (χ0n) is 15.4. The zero-order valence-corrected chi connectivity index (χ0v) is 15.4. The van der Waals surface area contributed by atoms with Crippen molar-refractivity contribution in [2.75, 3.05) is 36.0 Å². The van der Waals surface area contributed by atoms with Gasteiger partial charge >= 0.3 is 6.09 Å². The second-order valence-corrected chi connectivity index (χ2v) is 6.76. The highest BCUT2D eigenvalue weighted by atomic mass is 19.1. The summed E-state index contributed by atoms with van der Waals surface area (Å²) in [6, 6.07) is 8.39. The molecule has 8 nitrogen and oxygen atoms in total. The van der Waals surface area contributed by atoms with E-state index >= 15 is 0 Å². The minimum Gasteiger partial charge on any atom is -0.464 e. The number of rotatable bonds is 5. The molecule has 2 aliphatic rings. The summed E-state index contributed by atoms with van der Waals surface area (Å²) in [5.41, 5.74) is 0.776. The second kappa shape index (κ2) is 7.51. The Morgan fingerprint density at radius 2 is 2.14 bits per heavy atom. The Kier molecular flexibility index (Phi) is 4.91. The molecule has 0 bridgehead atoms. The first-order valence-corrected chi connectivity index (χ1v) is 9.03. The van der Waals surface area contributed by atoms with Crippen molar-refractivity contribution in [1.82, 2.24) is 5.01 Å². The Hall–Kier alpha value is -3.07. The largest absolute Gasteiger partial charge is 0.464 e. The molecule has 3 heterocycles. The van der Waals surface area contributed by atoms with E-state index in [0.29, 0.717) is 31.0 Å². The van der Waals surface area contributed by atoms with Gasteiger partial charge in [-0.2, -0.15) is 5.10 Å². The van der Waals surface area contributed by atoms with Gasteiger partial charge in [-0.3, -0.25) is 9.91 Å². The minimum atomic E-state index is -0.589. The number of ether oxygens (including phenoxy) is 1. The number of furan rings is 1. The van der Waals surface area contributed by atoms with Crippen molar-refractivity contribution < 1.29 is 23.4 Å². The fourth-order valence-electron chi connectivity index (χ4n) is 3.25. The number of carbonyl (C=O) groups excluding carboxylic acids is 1. The third-order valence-corrected chi connectivity index (χ3v) is 4.72. The van der Waals surface area contributed by atoms with Gasteiger partial charge in [-0.05, 0) is 37.3 Å². The van der Waals surface area contributed by atoms with E-state index in [1.54, 1.807) is 23.4 Å². The van der Waals surface area contributed by atoms with Crippen LogP contribution in [0.1, 0.15) is 11.5 Å². The summed E-state index contributed by atoms with van der Waals surface area (Å²) in [6.07, 6.45) is 0.409. The lowest BCUT2D eigenvalue weighted by molar-refractivity contribution is 0.0963. The molecule has 1 unspecified atom stereocenters. The Morgan fingerprint density at radius 1 is 1.29 bits per heavy atom. The van der Waals surface area contributed by atoms with Crippen molar-refractivity contribution in [3.63, 3.8) is 0 Å². The molecule has 0 saturated carbocycles. The third-order valence-electron chi connectivity index (χ3n) is 4.72. The Labute approximate surface area is 161 Å². The number of carbonyl (C=O) groups is 1. The highest BCUT2D eigenvalue weighted by Gasteiger charge is 2.32. The molecule has 148 valence electrons. The standard InChI is InChI=1S/C19H21FN4O4/c1-13-2-4-15(27-13)9-23-7-6-22(12-21-23)18-5-3-14(8-17(18)20)24-10-16(11-25)28-19(24)26/h2-5,8,12,16,25H,6-7,9-11H2,1H3. The van der Waals surface area contributed by atoms with Gasteiger partial charge in [0.1, 0.15) is 29.8 Å². The van der Waals surface area contributed by atoms with E-state index in [-0.39, 0.29) is 13.2 Å². The molecule has 2 aliphatic heterocycles. The highest BCUT2D eigenvalue weighted by molar-refractivity contribution is 5.90. The molecule has 0 aliphatic carbocycles. The summed E-state index contributed by atoms with van der Waals surface area (Å²) in [6.45, 7) is 3.57. The fourth-order valence-corrected chi connectivity index (χ4v) is 3.25. The van der Waals surface area contributed by atoms with Gasteiger partial charge in [-0.15, -0.1) is 0 Å². The summed E-state index contributed by atoms with van der Waals surface area (Å²) in [5, 5.41) is 15.3. The normalized spacial score (nSPS) is 19.5. The van der Waals surface area contributed by atoms with Gasteiger partial charge in [-0.1, -0.05) is 0 Å². The lowest BCUT2D eigenvalue weighted by Crippen LogP contribution is -2.38. The predicted octanol–water partition coefficient (Wildman–Crippen LogP) is 2.31. The predicted molar refractivity (Wildman–Crippen MR) is 101 cm³/mol. The molecule has 2 aromatic rings. The maximum Gasteiger partial charge on any atom is 0.414 e. The number of anilines is 2. The van der Waals surface area contributed by atoms with Gasteiger partial charge in [0, 0.05) is 6.54 Å². The quantitative estimate of drug-likeness (QED) is 0.847. The maximum atomic E-state index is 14.7. The summed E-state index contributed by atoms with van der Waals surface area (Å²) >= 11 is 0. The van der Waals surface area contributed by atoms with Crippen LogP contribution in [0.4, 0.5) is 20.6 Å². The number of halogens is 1. The Morgan fingerprint density at radius 3 is 2.75 bits per heavy atom. The van der Waals surface area contributed by atoms with Gasteiger partial charge in [0.05, 0.1) is 37.6 Å². The Bertz CT molecular complexity index is 900. The first-order chi connectivity index (χ1) is 13.5. The van der Waals surface area contributed by atoms with Crippen molar-refractivity contribution in [1.29, 1.82) is 0 Å². The van der Waals surface area contributed by atoms with E-state index < -0.39 is 18.0 Å². The van der Waals surface area contributed by atoms with Crippen molar-refractivity contribution in [2.45, 2.75) is 19.6 Å². The number of hydrogen-bond acceptors (Lipinski definition) is 7. The van der Waals surface area contributed by atoms with E-state index in [0.717, 1.165) is 11.5 Å². The lowest BCUT2D eigenvalue weighted by atomic mass is 10.2. The SMILES string of the molecule is Cc1ccc(CN2CCN(c3ccc(N4CC(CO)OC4=O)cc3F)C=N2)o1. The summed E-state index contributed by atoms with van der Waals surface area (Å²) in [4.78, 5) is 14.9. The van der Waals surface area contributed by atoms with Gasteiger partial charge in [0.2, 0.25) is 0 Å². The highest BCUT2D eigenvalue weighted by Crippen LogP contribution is 2.28. The van der Waals surface area contributed by atoms with E-state index in [4.69, 9.17) is 14.3 Å². The smallest absolute Gasteiger partial charge is 0.414 e. The molecule has 0 spiro atoms. The number of nitrogens with zero attached hydrogens (tertiary/aromatic N) is 4. The molecular formula is C19H21FN4O4. The van der Waals surface area contributed by atoms with Crippen LogP contribution in [-0.4, -0.2) is 54.9 Å². The zero-order chi connectivity index (χ0) is 19.7. The van der Waals surface area contributed by atoms with Crippen LogP contribution in [0.25, 0.3) is 0 Å². The number of aliphatic hydroxyl groups excluding tert-OH is 1. The van der Waals surface area contributed by atoms with Crippen LogP contribution in [0.15, 0.2) is 39.9 Å². The number of hydrazone groups is 1. The van der Waals surface area contributed by atoms with Crippen molar-refractivity contribution in [3.05, 3.63) is 47.7 Å². The molecule has 9 heteroatoms. The van der Waals surface area contributed by atoms with Gasteiger partial charge in [-0.25, -0.2) is 9.18 Å². The number of cyclic esters (lactones) is 1. The minimum absolute atomic E-state index is 0.195. The second-order valence-electron chi connectivity index (χ2n) is 6.76. The van der Waals surface area contributed by atoms with E-state index in [1.807, 2.05) is 24.1 Å². The molecule has 0 radical (unpaired) electrons. The van der Waals surface area contributed by atoms with E-state index in [1.165, 1.54) is 11.0 Å². The van der Waals surface area contributed by atoms with Crippen LogP contribution in [0.5, 0.6) is 0 Å². The molecule has 4 rings (SSSR count). The molecule has 1 atom stereocenters. The fraction of sp³-hybridized carbons (Fsp3) is 0.368. The van der Waals surface area contributed by atoms with Gasteiger partial charge < -0.3 is 19.2 Å². The van der Waals surface area contributed by atoms with Gasteiger partial charge in [0.15, 0.2) is 0 Å². The first kappa shape index (κ1) is 18.3. The number of amides is 1. The maximum absolute atomic E-state index is 14.7. The first-order valence-electron chi connectivity index (χ1n) is 9.03. The van der Waals surface area contributed by atoms with Crippen LogP contribution in [0.2, 0.25) is 0 Å². The molecule has 1 aromatic heterocycles. The number of hydrogen-bond donors (Lipinski definition) is 1. The van der Waals surface area contributed by atoms with Crippen molar-refractivity contribution >= 4 is 23.8 Å². The number of aryl methyl sites for hydroxylation is 1. The molecule has 1 N–H and O–H groups in total. The summed E-state index contributed by atoms with van der Waals surface area (Å²) in [7, 11) is 0. The van der Waals surface area contributed by atoms with E-state index in [9.17, 15) is 9.18 Å². The lowest BCUT2D eigenvalue weighted by Gasteiger charge is -2.30. The van der Waals surface area contributed by atoms with Crippen LogP contribution >= 0.6 is 0 Å². The third kappa shape index (κ3) is 3.65. The van der Waals surface area contributed by atoms with E-state index in [2.05, 4.69) is 5.10 Å². The summed E-state index contributed by atoms with van der Waals surface area (Å²) < 4.78 is 25.2. The van der Waals surface area contributed by atoms with Crippen LogP contribution in [0.3, 0.4) is 0 Å². The topological polar surface area (TPSA) is 81.8 Å².